The monoisotopic (exact) mass is 272 g/mol. The molecule has 0 amide bonds. The average Bonchev–Trinajstić information content (AvgIpc) is 2.35. The van der Waals surface area contributed by atoms with Crippen molar-refractivity contribution in [2.45, 2.75) is 38.5 Å². The van der Waals surface area contributed by atoms with Crippen molar-refractivity contribution in [2.24, 2.45) is 11.3 Å². The molecule has 3 rings (SSSR count). The van der Waals surface area contributed by atoms with E-state index in [0.717, 1.165) is 6.42 Å². The maximum atomic E-state index is 11.8. The molecule has 3 nitrogen and oxygen atoms in total. The highest BCUT2D eigenvalue weighted by Crippen LogP contribution is 2.66. The van der Waals surface area contributed by atoms with Gasteiger partial charge in [-0.1, -0.05) is 18.6 Å². The number of Topliss-reactive ketones (excluding diaryl/α,β-unsaturated/α-hetero) is 1. The molecule has 1 aromatic carbocycles. The van der Waals surface area contributed by atoms with Crippen LogP contribution in [0.5, 0.6) is 0 Å². The quantitative estimate of drug-likeness (QED) is 0.793. The lowest BCUT2D eigenvalue weighted by Crippen LogP contribution is -2.52. The van der Waals surface area contributed by atoms with Gasteiger partial charge in [0.1, 0.15) is 5.78 Å². The number of rotatable bonds is 3. The van der Waals surface area contributed by atoms with E-state index >= 15 is 0 Å². The minimum absolute atomic E-state index is 0.166. The molecule has 0 saturated heterocycles. The van der Waals surface area contributed by atoms with Crippen molar-refractivity contribution < 1.29 is 14.3 Å². The van der Waals surface area contributed by atoms with Gasteiger partial charge in [-0.25, -0.2) is 4.79 Å². The van der Waals surface area contributed by atoms with Gasteiger partial charge in [-0.15, -0.1) is 0 Å². The molecule has 0 N–H and O–H groups in total. The van der Waals surface area contributed by atoms with Crippen LogP contribution in [0.2, 0.25) is 0 Å². The van der Waals surface area contributed by atoms with Crippen molar-refractivity contribution in [1.82, 2.24) is 0 Å². The second-order valence-corrected chi connectivity index (χ2v) is 6.23. The van der Waals surface area contributed by atoms with Gasteiger partial charge in [0.05, 0.1) is 12.7 Å². The number of benzene rings is 1. The summed E-state index contributed by atoms with van der Waals surface area (Å²) in [6.45, 7) is 1.70. The minimum Gasteiger partial charge on any atom is -0.465 e. The lowest BCUT2D eigenvalue weighted by molar-refractivity contribution is -0.137. The highest BCUT2D eigenvalue weighted by Gasteiger charge is 2.58. The van der Waals surface area contributed by atoms with E-state index < -0.39 is 0 Å². The number of carbonyl (C=O) groups is 2. The summed E-state index contributed by atoms with van der Waals surface area (Å²) in [6, 6.07) is 7.60. The summed E-state index contributed by atoms with van der Waals surface area (Å²) in [5.41, 5.74) is 2.13. The number of esters is 1. The second kappa shape index (κ2) is 4.72. The van der Waals surface area contributed by atoms with Gasteiger partial charge >= 0.3 is 5.97 Å². The van der Waals surface area contributed by atoms with Crippen molar-refractivity contribution in [2.75, 3.05) is 7.11 Å². The number of ether oxygens (including phenoxy) is 1. The average molecular weight is 272 g/mol. The summed E-state index contributed by atoms with van der Waals surface area (Å²) in [5.74, 6) is 0.496. The molecule has 0 bridgehead atoms. The Balaban J connectivity index is 1.86. The van der Waals surface area contributed by atoms with E-state index in [2.05, 4.69) is 0 Å². The normalized spacial score (nSPS) is 26.5. The van der Waals surface area contributed by atoms with Crippen LogP contribution >= 0.6 is 0 Å². The first kappa shape index (κ1) is 13.3. The van der Waals surface area contributed by atoms with E-state index in [0.29, 0.717) is 22.7 Å². The van der Waals surface area contributed by atoms with Crippen molar-refractivity contribution in [3.8, 4) is 0 Å². The zero-order chi connectivity index (χ0) is 14.3. The zero-order valence-corrected chi connectivity index (χ0v) is 12.0. The van der Waals surface area contributed by atoms with Gasteiger partial charge in [-0.2, -0.15) is 0 Å². The van der Waals surface area contributed by atoms with Crippen LogP contribution in [-0.4, -0.2) is 18.9 Å². The first-order chi connectivity index (χ1) is 9.57. The Labute approximate surface area is 119 Å². The van der Waals surface area contributed by atoms with Gasteiger partial charge in [-0.3, -0.25) is 4.79 Å². The van der Waals surface area contributed by atoms with Gasteiger partial charge in [-0.05, 0) is 55.2 Å². The molecule has 2 fully saturated rings. The van der Waals surface area contributed by atoms with Gasteiger partial charge in [0, 0.05) is 5.92 Å². The molecular weight excluding hydrogens is 252 g/mol. The maximum absolute atomic E-state index is 11.8. The van der Waals surface area contributed by atoms with E-state index in [1.807, 2.05) is 24.3 Å². The molecular formula is C17H20O3. The Bertz CT molecular complexity index is 540. The number of ketones is 1. The fourth-order valence-corrected chi connectivity index (χ4v) is 4.00. The minimum atomic E-state index is -0.313. The van der Waals surface area contributed by atoms with E-state index in [4.69, 9.17) is 4.74 Å². The summed E-state index contributed by atoms with van der Waals surface area (Å²) in [5, 5.41) is 0. The van der Waals surface area contributed by atoms with Gasteiger partial charge in [0.25, 0.3) is 0 Å². The van der Waals surface area contributed by atoms with E-state index in [1.165, 1.54) is 31.9 Å². The van der Waals surface area contributed by atoms with E-state index in [9.17, 15) is 9.59 Å². The molecule has 1 aromatic rings. The highest BCUT2D eigenvalue weighted by atomic mass is 16.5. The van der Waals surface area contributed by atoms with Crippen LogP contribution in [0.1, 0.15) is 54.4 Å². The fraction of sp³-hybridized carbons (Fsp3) is 0.529. The Morgan fingerprint density at radius 2 is 1.85 bits per heavy atom. The molecule has 2 saturated carbocycles. The summed E-state index contributed by atoms with van der Waals surface area (Å²) >= 11 is 0. The third kappa shape index (κ3) is 1.88. The smallest absolute Gasteiger partial charge is 0.337 e. The molecule has 0 radical (unpaired) electrons. The predicted octanol–water partition coefficient (Wildman–Crippen LogP) is 3.34. The summed E-state index contributed by atoms with van der Waals surface area (Å²) < 4.78 is 4.72. The largest absolute Gasteiger partial charge is 0.465 e. The Morgan fingerprint density at radius 3 is 2.30 bits per heavy atom. The van der Waals surface area contributed by atoms with Crippen molar-refractivity contribution in [3.05, 3.63) is 35.4 Å². The van der Waals surface area contributed by atoms with E-state index in [1.54, 1.807) is 6.92 Å². The molecule has 20 heavy (non-hydrogen) atoms. The Morgan fingerprint density at radius 1 is 1.20 bits per heavy atom. The van der Waals surface area contributed by atoms with Crippen molar-refractivity contribution in [3.63, 3.8) is 0 Å². The van der Waals surface area contributed by atoms with Gasteiger partial charge in [0.2, 0.25) is 0 Å². The first-order valence-corrected chi connectivity index (χ1v) is 7.26. The zero-order valence-electron chi connectivity index (χ0n) is 12.0. The van der Waals surface area contributed by atoms with Crippen LogP contribution in [0.25, 0.3) is 0 Å². The molecule has 2 atom stereocenters. The molecule has 2 aliphatic carbocycles. The third-order valence-corrected chi connectivity index (χ3v) is 5.25. The second-order valence-electron chi connectivity index (χ2n) is 6.23. The standard InChI is InChI=1S/C17H20O3/c1-11(18)14-10-17(8-3-9-17)15(14)12-4-6-13(7-5-12)16(19)20-2/h4-7,14-15H,3,8-10H2,1-2H3/t14-,15+/m0/s1. The van der Waals surface area contributed by atoms with Gasteiger partial charge in [0.15, 0.2) is 0 Å². The van der Waals surface area contributed by atoms with Crippen LogP contribution in [-0.2, 0) is 9.53 Å². The molecule has 0 aromatic heterocycles. The topological polar surface area (TPSA) is 43.4 Å². The summed E-state index contributed by atoms with van der Waals surface area (Å²) in [4.78, 5) is 23.3. The summed E-state index contributed by atoms with van der Waals surface area (Å²) in [7, 11) is 1.39. The van der Waals surface area contributed by atoms with Crippen molar-refractivity contribution >= 4 is 11.8 Å². The van der Waals surface area contributed by atoms with Crippen LogP contribution in [0.15, 0.2) is 24.3 Å². The maximum Gasteiger partial charge on any atom is 0.337 e. The lowest BCUT2D eigenvalue weighted by atomic mass is 9.43. The van der Waals surface area contributed by atoms with Gasteiger partial charge < -0.3 is 4.74 Å². The predicted molar refractivity (Wildman–Crippen MR) is 75.6 cm³/mol. The number of methoxy groups -OCH3 is 1. The molecule has 1 spiro atoms. The Hall–Kier alpha value is -1.64. The van der Waals surface area contributed by atoms with Crippen LogP contribution < -0.4 is 0 Å². The number of hydrogen-bond donors (Lipinski definition) is 0. The first-order valence-electron chi connectivity index (χ1n) is 7.26. The molecule has 106 valence electrons. The Kier molecular flexibility index (Phi) is 3.15. The lowest BCUT2D eigenvalue weighted by Gasteiger charge is -2.60. The summed E-state index contributed by atoms with van der Waals surface area (Å²) in [6.07, 6.45) is 4.80. The number of carbonyl (C=O) groups excluding carboxylic acids is 2. The van der Waals surface area contributed by atoms with Crippen LogP contribution in [0.3, 0.4) is 0 Å². The SMILES string of the molecule is COC(=O)c1ccc([C@@H]2[C@H](C(C)=O)CC23CCC3)cc1. The molecule has 0 aliphatic heterocycles. The molecule has 0 unspecified atom stereocenters. The third-order valence-electron chi connectivity index (χ3n) is 5.25. The highest BCUT2D eigenvalue weighted by molar-refractivity contribution is 5.89. The fourth-order valence-electron chi connectivity index (χ4n) is 4.00. The van der Waals surface area contributed by atoms with Crippen LogP contribution in [0, 0.1) is 11.3 Å². The van der Waals surface area contributed by atoms with Crippen LogP contribution in [0.4, 0.5) is 0 Å². The molecule has 0 heterocycles. The van der Waals surface area contributed by atoms with Crippen molar-refractivity contribution in [1.29, 1.82) is 0 Å². The van der Waals surface area contributed by atoms with E-state index in [-0.39, 0.29) is 11.9 Å². The molecule has 3 heteroatoms. The molecule has 2 aliphatic rings. The number of hydrogen-bond acceptors (Lipinski definition) is 3.